The fourth-order valence-electron chi connectivity index (χ4n) is 4.06. The number of carboxylic acids is 1. The van der Waals surface area contributed by atoms with Crippen LogP contribution < -0.4 is 0 Å². The van der Waals surface area contributed by atoms with Crippen LogP contribution in [0.5, 0.6) is 0 Å². The van der Waals surface area contributed by atoms with E-state index in [-0.39, 0.29) is 5.92 Å². The van der Waals surface area contributed by atoms with E-state index >= 15 is 0 Å². The van der Waals surface area contributed by atoms with Gasteiger partial charge in [-0.15, -0.1) is 0 Å². The molecule has 0 aliphatic heterocycles. The molecule has 0 aliphatic rings. The highest BCUT2D eigenvalue weighted by atomic mass is 31.1. The van der Waals surface area contributed by atoms with Crippen LogP contribution in [0.25, 0.3) is 22.4 Å². The van der Waals surface area contributed by atoms with Gasteiger partial charge in [-0.3, -0.25) is 9.55 Å². The van der Waals surface area contributed by atoms with Crippen molar-refractivity contribution >= 4 is 14.0 Å². The Morgan fingerprint density at radius 1 is 1.08 bits per heavy atom. The van der Waals surface area contributed by atoms with Crippen LogP contribution in [0.4, 0.5) is 4.39 Å². The van der Waals surface area contributed by atoms with Crippen molar-refractivity contribution in [2.75, 3.05) is 7.11 Å². The summed E-state index contributed by atoms with van der Waals surface area (Å²) in [6.45, 7) is 6.96. The Kier molecular flexibility index (Phi) is 8.47. The molecule has 3 aromatic rings. The van der Waals surface area contributed by atoms with Crippen molar-refractivity contribution in [1.29, 1.82) is 0 Å². The number of carbonyl (C=O) groups is 1. The normalized spacial score (nSPS) is 14.4. The summed E-state index contributed by atoms with van der Waals surface area (Å²) in [5.41, 5.74) is 4.69. The van der Waals surface area contributed by atoms with Gasteiger partial charge in [-0.1, -0.05) is 68.2 Å². The molecule has 3 rings (SSSR count). The maximum absolute atomic E-state index is 13.8. The Bertz CT molecular complexity index is 1340. The summed E-state index contributed by atoms with van der Waals surface area (Å²) in [7, 11) is -2.20. The zero-order valence-corrected chi connectivity index (χ0v) is 21.8. The molecule has 6 nitrogen and oxygen atoms in total. The van der Waals surface area contributed by atoms with E-state index in [0.717, 1.165) is 23.9 Å². The van der Waals surface area contributed by atoms with Gasteiger partial charge < -0.3 is 14.7 Å². The average Bonchev–Trinajstić information content (AvgIpc) is 2.85. The highest BCUT2D eigenvalue weighted by Gasteiger charge is 2.48. The van der Waals surface area contributed by atoms with Gasteiger partial charge in [0.15, 0.2) is 0 Å². The number of benzene rings is 2. The monoisotopic (exact) mass is 509 g/mol. The van der Waals surface area contributed by atoms with E-state index in [9.17, 15) is 24.0 Å². The van der Waals surface area contributed by atoms with Crippen LogP contribution in [0.15, 0.2) is 54.6 Å². The number of rotatable bonds is 7. The Balaban J connectivity index is 2.46. The molecule has 0 saturated heterocycles. The smallest absolute Gasteiger partial charge is 0.334 e. The zero-order valence-electron chi connectivity index (χ0n) is 20.8. The minimum Gasteiger partial charge on any atom is -0.480 e. The van der Waals surface area contributed by atoms with E-state index in [1.165, 1.54) is 19.1 Å². The maximum Gasteiger partial charge on any atom is 0.334 e. The molecule has 2 aromatic carbocycles. The fourth-order valence-corrected chi connectivity index (χ4v) is 5.06. The molecule has 0 radical (unpaired) electrons. The third-order valence-electron chi connectivity index (χ3n) is 6.05. The van der Waals surface area contributed by atoms with Crippen molar-refractivity contribution in [1.82, 2.24) is 4.98 Å². The van der Waals surface area contributed by atoms with Gasteiger partial charge in [0.1, 0.15) is 5.82 Å². The van der Waals surface area contributed by atoms with E-state index in [0.29, 0.717) is 22.4 Å². The fraction of sp³-hybridized carbons (Fsp3) is 0.286. The van der Waals surface area contributed by atoms with E-state index in [1.54, 1.807) is 12.1 Å². The van der Waals surface area contributed by atoms with E-state index < -0.39 is 31.1 Å². The zero-order chi connectivity index (χ0) is 26.6. The number of halogens is 1. The number of aliphatic hydroxyl groups excluding tert-OH is 1. The number of nitrogens with zero attached hydrogens (tertiary/aromatic N) is 1. The highest BCUT2D eigenvalue weighted by molar-refractivity contribution is 7.43. The molecular weight excluding hydrogens is 480 g/mol. The van der Waals surface area contributed by atoms with Crippen LogP contribution in [0.1, 0.15) is 43.5 Å². The molecule has 0 bridgehead atoms. The molecular formula is C28H29FNO5P. The lowest BCUT2D eigenvalue weighted by Gasteiger charge is -2.25. The second kappa shape index (κ2) is 11.2. The molecule has 0 spiro atoms. The first-order valence-corrected chi connectivity index (χ1v) is 12.7. The number of aliphatic hydroxyl groups is 1. The predicted octanol–water partition coefficient (Wildman–Crippen LogP) is 5.66. The first-order chi connectivity index (χ1) is 17.0. The summed E-state index contributed by atoms with van der Waals surface area (Å²) in [6.07, 6.45) is -1.58. The van der Waals surface area contributed by atoms with Gasteiger partial charge in [0.2, 0.25) is 13.2 Å². The molecule has 36 heavy (non-hydrogen) atoms. The lowest BCUT2D eigenvalue weighted by Crippen LogP contribution is -2.44. The van der Waals surface area contributed by atoms with Gasteiger partial charge in [0, 0.05) is 18.2 Å². The molecule has 0 saturated carbocycles. The molecule has 1 heterocycles. The summed E-state index contributed by atoms with van der Waals surface area (Å²) in [5.74, 6) is 3.44. The second-order valence-corrected chi connectivity index (χ2v) is 10.6. The van der Waals surface area contributed by atoms with Gasteiger partial charge in [-0.2, -0.15) is 0 Å². The molecule has 8 heteroatoms. The predicted molar refractivity (Wildman–Crippen MR) is 139 cm³/mol. The summed E-state index contributed by atoms with van der Waals surface area (Å²) in [4.78, 5) is 17.1. The third-order valence-corrected chi connectivity index (χ3v) is 7.82. The van der Waals surface area contributed by atoms with Crippen LogP contribution >= 0.6 is 8.03 Å². The van der Waals surface area contributed by atoms with Gasteiger partial charge in [-0.05, 0) is 43.0 Å². The lowest BCUT2D eigenvalue weighted by atomic mass is 9.88. The number of pyridine rings is 1. The van der Waals surface area contributed by atoms with Gasteiger partial charge in [-0.25, -0.2) is 9.18 Å². The molecule has 3 atom stereocenters. The summed E-state index contributed by atoms with van der Waals surface area (Å²) in [6, 6.07) is 15.5. The number of hydrogen-bond acceptors (Lipinski definition) is 5. The Morgan fingerprint density at radius 3 is 2.19 bits per heavy atom. The van der Waals surface area contributed by atoms with Crippen LogP contribution in [0.2, 0.25) is 0 Å². The Hall–Kier alpha value is -3.30. The van der Waals surface area contributed by atoms with Crippen LogP contribution in [-0.2, 0) is 13.9 Å². The first-order valence-electron chi connectivity index (χ1n) is 11.4. The maximum atomic E-state index is 13.8. The van der Waals surface area contributed by atoms with Crippen LogP contribution in [0, 0.1) is 24.6 Å². The Labute approximate surface area is 211 Å². The van der Waals surface area contributed by atoms with Crippen molar-refractivity contribution in [2.45, 2.75) is 44.9 Å². The number of aliphatic carboxylic acids is 1. The van der Waals surface area contributed by atoms with Gasteiger partial charge in [0.25, 0.3) is 0 Å². The summed E-state index contributed by atoms with van der Waals surface area (Å²) >= 11 is 0. The minimum atomic E-state index is -3.31. The van der Waals surface area contributed by atoms with Gasteiger partial charge in [0.05, 0.1) is 23.1 Å². The topological polar surface area (TPSA) is 96.7 Å². The quantitative estimate of drug-likeness (QED) is 0.315. The van der Waals surface area contributed by atoms with Crippen molar-refractivity contribution in [3.63, 3.8) is 0 Å². The standard InChI is InChI=1S/C28H29FNO5P/c1-17(2)25-23(15-16-28(19(4)31,27(32)33)36(34)35-5)24(20-11-13-22(29)14-12-20)18(3)26(30-25)21-9-7-6-8-10-21/h6-14,17,19,31,36H,1-5H3,(H,32,33). The summed E-state index contributed by atoms with van der Waals surface area (Å²) in [5, 5.41) is 18.0. The van der Waals surface area contributed by atoms with Crippen molar-refractivity contribution < 1.29 is 28.5 Å². The molecule has 0 amide bonds. The number of hydrogen-bond donors (Lipinski definition) is 2. The largest absolute Gasteiger partial charge is 0.480 e. The van der Waals surface area contributed by atoms with Crippen LogP contribution in [0.3, 0.4) is 0 Å². The molecule has 3 unspecified atom stereocenters. The SMILES string of the molecule is CO[PH](=O)C(C#Cc1c(C(C)C)nc(-c2ccccc2)c(C)c1-c1ccc(F)cc1)(C(=O)O)C(C)O. The molecule has 2 N–H and O–H groups in total. The number of aromatic nitrogens is 1. The van der Waals surface area contributed by atoms with Crippen molar-refractivity contribution in [2.24, 2.45) is 0 Å². The third kappa shape index (κ3) is 5.12. The van der Waals surface area contributed by atoms with Crippen molar-refractivity contribution in [3.05, 3.63) is 77.2 Å². The Morgan fingerprint density at radius 2 is 1.69 bits per heavy atom. The lowest BCUT2D eigenvalue weighted by molar-refractivity contribution is -0.141. The van der Waals surface area contributed by atoms with Crippen molar-refractivity contribution in [3.8, 4) is 34.2 Å². The van der Waals surface area contributed by atoms with Crippen LogP contribution in [-0.4, -0.2) is 39.5 Å². The molecule has 0 fully saturated rings. The first kappa shape index (κ1) is 27.3. The highest BCUT2D eigenvalue weighted by Crippen LogP contribution is 2.43. The minimum absolute atomic E-state index is 0.123. The molecule has 188 valence electrons. The van der Waals surface area contributed by atoms with E-state index in [1.807, 2.05) is 51.1 Å². The number of carboxylic acid groups (broad SMARTS) is 1. The second-order valence-electron chi connectivity index (χ2n) is 8.78. The average molecular weight is 510 g/mol. The molecule has 1 aromatic heterocycles. The van der Waals surface area contributed by atoms with E-state index in [2.05, 4.69) is 11.8 Å². The van der Waals surface area contributed by atoms with Gasteiger partial charge >= 0.3 is 5.97 Å². The molecule has 0 aliphatic carbocycles. The summed E-state index contributed by atoms with van der Waals surface area (Å²) < 4.78 is 31.4. The van der Waals surface area contributed by atoms with E-state index in [4.69, 9.17) is 9.51 Å².